The molecule has 3 N–H and O–H groups in total. The molecule has 0 atom stereocenters. The lowest BCUT2D eigenvalue weighted by Crippen LogP contribution is -2.30. The van der Waals surface area contributed by atoms with Crippen LogP contribution in [0.15, 0.2) is 30.5 Å². The molecule has 1 aliphatic rings. The molecule has 0 unspecified atom stereocenters. The van der Waals surface area contributed by atoms with Gasteiger partial charge in [-0.2, -0.15) is 0 Å². The molecule has 0 aliphatic heterocycles. The van der Waals surface area contributed by atoms with Gasteiger partial charge in [-0.25, -0.2) is 14.8 Å². The van der Waals surface area contributed by atoms with Gasteiger partial charge in [0.1, 0.15) is 5.69 Å². The van der Waals surface area contributed by atoms with E-state index in [9.17, 15) is 9.59 Å². The summed E-state index contributed by atoms with van der Waals surface area (Å²) < 4.78 is 0.973. The third-order valence-electron chi connectivity index (χ3n) is 4.75. The number of anilines is 1. The average Bonchev–Trinajstić information content (AvgIpc) is 3.42. The second-order valence-corrected chi connectivity index (χ2v) is 8.59. The van der Waals surface area contributed by atoms with Crippen LogP contribution in [0.2, 0.25) is 5.02 Å². The van der Waals surface area contributed by atoms with Crippen molar-refractivity contribution in [3.63, 3.8) is 0 Å². The summed E-state index contributed by atoms with van der Waals surface area (Å²) in [6.45, 7) is 0.654. The first kappa shape index (κ1) is 20.4. The summed E-state index contributed by atoms with van der Waals surface area (Å²) in [5, 5.41) is 16.2. The second-order valence-electron chi connectivity index (χ2n) is 7.10. The van der Waals surface area contributed by atoms with Crippen molar-refractivity contribution in [3.8, 4) is 10.6 Å². The van der Waals surface area contributed by atoms with Crippen molar-refractivity contribution in [2.24, 2.45) is 0 Å². The van der Waals surface area contributed by atoms with Crippen molar-refractivity contribution < 1.29 is 14.7 Å². The van der Waals surface area contributed by atoms with Crippen molar-refractivity contribution >= 4 is 51.0 Å². The van der Waals surface area contributed by atoms with Gasteiger partial charge in [-0.1, -0.05) is 17.7 Å². The number of carbonyl (C=O) groups is 2. The van der Waals surface area contributed by atoms with Crippen LogP contribution in [0.25, 0.3) is 20.7 Å². The largest absolute Gasteiger partial charge is 0.465 e. The predicted octanol–water partition coefficient (Wildman–Crippen LogP) is 3.93. The van der Waals surface area contributed by atoms with E-state index in [1.54, 1.807) is 0 Å². The van der Waals surface area contributed by atoms with Gasteiger partial charge >= 0.3 is 6.09 Å². The van der Waals surface area contributed by atoms with Gasteiger partial charge in [0.05, 0.1) is 16.1 Å². The lowest BCUT2D eigenvalue weighted by molar-refractivity contribution is 0.0952. The standard InChI is InChI=1S/C20H20ClN5O3S/c1-26(20(28)29)8-7-22-19-23-10-14(21)17(25-19)16-9-13-12(3-2-4-15(13)30-16)18(27)24-11-5-6-11/h2-4,9-11H,5-8H2,1H3,(H,24,27)(H,28,29)(H,22,23,25). The first-order chi connectivity index (χ1) is 14.4. The Morgan fingerprint density at radius 1 is 1.37 bits per heavy atom. The molecule has 30 heavy (non-hydrogen) atoms. The number of thiophene rings is 1. The molecule has 156 valence electrons. The highest BCUT2D eigenvalue weighted by Gasteiger charge is 2.25. The average molecular weight is 446 g/mol. The number of hydrogen-bond donors (Lipinski definition) is 3. The van der Waals surface area contributed by atoms with E-state index in [-0.39, 0.29) is 11.9 Å². The van der Waals surface area contributed by atoms with E-state index in [1.807, 2.05) is 24.3 Å². The fraction of sp³-hybridized carbons (Fsp3) is 0.300. The number of nitrogens with one attached hydrogen (secondary N) is 2. The number of halogens is 1. The molecule has 1 aliphatic carbocycles. The predicted molar refractivity (Wildman–Crippen MR) is 117 cm³/mol. The fourth-order valence-electron chi connectivity index (χ4n) is 2.92. The van der Waals surface area contributed by atoms with Crippen LogP contribution >= 0.6 is 22.9 Å². The number of benzene rings is 1. The normalized spacial score (nSPS) is 13.3. The minimum Gasteiger partial charge on any atom is -0.465 e. The Bertz CT molecular complexity index is 1120. The molecule has 0 radical (unpaired) electrons. The zero-order chi connectivity index (χ0) is 21.3. The van der Waals surface area contributed by atoms with Crippen LogP contribution in [0, 0.1) is 0 Å². The smallest absolute Gasteiger partial charge is 0.407 e. The quantitative estimate of drug-likeness (QED) is 0.508. The van der Waals surface area contributed by atoms with Crippen LogP contribution in [-0.4, -0.2) is 58.2 Å². The number of nitrogens with zero attached hydrogens (tertiary/aromatic N) is 3. The SMILES string of the molecule is CN(CCNc1ncc(Cl)c(-c2cc3c(C(=O)NC4CC4)cccc3s2)n1)C(=O)O. The molecule has 2 aromatic heterocycles. The van der Waals surface area contributed by atoms with Gasteiger partial charge in [0, 0.05) is 41.8 Å². The van der Waals surface area contributed by atoms with E-state index in [2.05, 4.69) is 20.6 Å². The lowest BCUT2D eigenvalue weighted by atomic mass is 10.1. The summed E-state index contributed by atoms with van der Waals surface area (Å²) in [7, 11) is 1.49. The van der Waals surface area contributed by atoms with Gasteiger partial charge in [0.2, 0.25) is 5.95 Å². The van der Waals surface area contributed by atoms with Crippen molar-refractivity contribution in [1.82, 2.24) is 20.2 Å². The summed E-state index contributed by atoms with van der Waals surface area (Å²) in [4.78, 5) is 34.1. The van der Waals surface area contributed by atoms with Crippen LogP contribution in [0.1, 0.15) is 23.2 Å². The molecule has 2 amide bonds. The van der Waals surface area contributed by atoms with Crippen LogP contribution in [0.5, 0.6) is 0 Å². The number of carbonyl (C=O) groups excluding carboxylic acids is 1. The Morgan fingerprint density at radius 2 is 2.17 bits per heavy atom. The molecule has 0 bridgehead atoms. The maximum Gasteiger partial charge on any atom is 0.407 e. The van der Waals surface area contributed by atoms with Crippen LogP contribution < -0.4 is 10.6 Å². The van der Waals surface area contributed by atoms with Gasteiger partial charge in [-0.3, -0.25) is 4.79 Å². The molecule has 1 fully saturated rings. The van der Waals surface area contributed by atoms with E-state index in [4.69, 9.17) is 16.7 Å². The zero-order valence-corrected chi connectivity index (χ0v) is 17.8. The maximum atomic E-state index is 12.6. The number of likely N-dealkylation sites (N-methyl/N-ethyl adjacent to an activating group) is 1. The molecule has 1 aromatic carbocycles. The van der Waals surface area contributed by atoms with Gasteiger partial charge in [-0.05, 0) is 31.0 Å². The molecule has 3 aromatic rings. The Hall–Kier alpha value is -2.91. The minimum absolute atomic E-state index is 0.0638. The Morgan fingerprint density at radius 3 is 2.90 bits per heavy atom. The molecule has 0 spiro atoms. The zero-order valence-electron chi connectivity index (χ0n) is 16.2. The van der Waals surface area contributed by atoms with Gasteiger partial charge < -0.3 is 20.6 Å². The minimum atomic E-state index is -0.999. The summed E-state index contributed by atoms with van der Waals surface area (Å²) in [5.74, 6) is 0.295. The first-order valence-electron chi connectivity index (χ1n) is 9.46. The molecule has 2 heterocycles. The van der Waals surface area contributed by atoms with Crippen molar-refractivity contribution in [2.45, 2.75) is 18.9 Å². The maximum absolute atomic E-state index is 12.6. The molecule has 1 saturated carbocycles. The number of rotatable bonds is 7. The van der Waals surface area contributed by atoms with Crippen molar-refractivity contribution in [2.75, 3.05) is 25.5 Å². The van der Waals surface area contributed by atoms with Gasteiger partial charge in [0.25, 0.3) is 5.91 Å². The monoisotopic (exact) mass is 445 g/mol. The van der Waals surface area contributed by atoms with Crippen molar-refractivity contribution in [3.05, 3.63) is 41.0 Å². The number of carboxylic acid groups (broad SMARTS) is 1. The second kappa shape index (κ2) is 8.45. The number of aromatic nitrogens is 2. The van der Waals surface area contributed by atoms with E-state index < -0.39 is 6.09 Å². The summed E-state index contributed by atoms with van der Waals surface area (Å²) in [6.07, 6.45) is 2.58. The van der Waals surface area contributed by atoms with Crippen LogP contribution in [0.3, 0.4) is 0 Å². The van der Waals surface area contributed by atoms with Crippen molar-refractivity contribution in [1.29, 1.82) is 0 Å². The molecule has 0 saturated heterocycles. The molecule has 4 rings (SSSR count). The van der Waals surface area contributed by atoms with E-state index in [1.165, 1.54) is 29.5 Å². The molecule has 8 nitrogen and oxygen atoms in total. The summed E-state index contributed by atoms with van der Waals surface area (Å²) in [6, 6.07) is 7.88. The highest BCUT2D eigenvalue weighted by molar-refractivity contribution is 7.22. The Labute approximate surface area is 181 Å². The molecule has 10 heteroatoms. The number of hydrogen-bond acceptors (Lipinski definition) is 6. The van der Waals surface area contributed by atoms with E-state index in [0.717, 1.165) is 27.8 Å². The third-order valence-corrected chi connectivity index (χ3v) is 6.14. The number of amides is 2. The topological polar surface area (TPSA) is 107 Å². The van der Waals surface area contributed by atoms with Gasteiger partial charge in [-0.15, -0.1) is 11.3 Å². The molecular weight excluding hydrogens is 426 g/mol. The Balaban J connectivity index is 1.58. The van der Waals surface area contributed by atoms with E-state index >= 15 is 0 Å². The summed E-state index contributed by atoms with van der Waals surface area (Å²) >= 11 is 7.86. The Kier molecular flexibility index (Phi) is 5.74. The fourth-order valence-corrected chi connectivity index (χ4v) is 4.26. The van der Waals surface area contributed by atoms with E-state index in [0.29, 0.717) is 35.3 Å². The van der Waals surface area contributed by atoms with Crippen LogP contribution in [-0.2, 0) is 0 Å². The first-order valence-corrected chi connectivity index (χ1v) is 10.7. The highest BCUT2D eigenvalue weighted by atomic mass is 35.5. The van der Waals surface area contributed by atoms with Gasteiger partial charge in [0.15, 0.2) is 0 Å². The highest BCUT2D eigenvalue weighted by Crippen LogP contribution is 2.37. The molecular formula is C20H20ClN5O3S. The lowest BCUT2D eigenvalue weighted by Gasteiger charge is -2.13. The number of fused-ring (bicyclic) bond motifs is 1. The third kappa shape index (κ3) is 4.47. The van der Waals surface area contributed by atoms with Crippen LogP contribution in [0.4, 0.5) is 10.7 Å². The summed E-state index contributed by atoms with van der Waals surface area (Å²) in [5.41, 5.74) is 1.21.